The molecule has 2 aromatic heterocycles. The Morgan fingerprint density at radius 2 is 1.90 bits per heavy atom. The Kier molecular flexibility index (Phi) is 6.32. The molecule has 4 rings (SSSR count). The zero-order valence-electron chi connectivity index (χ0n) is 17.7. The van der Waals surface area contributed by atoms with Crippen molar-refractivity contribution in [1.82, 2.24) is 19.8 Å². The fraction of sp³-hybridized carbons (Fsp3) is 0.292. The first-order chi connectivity index (χ1) is 15.1. The quantitative estimate of drug-likeness (QED) is 0.446. The van der Waals surface area contributed by atoms with E-state index in [-0.39, 0.29) is 18.1 Å². The number of methoxy groups -OCH3 is 1. The number of aryl methyl sites for hydroxylation is 1. The summed E-state index contributed by atoms with van der Waals surface area (Å²) in [6.07, 6.45) is 2.82. The molecule has 2 atom stereocenters. The Balaban J connectivity index is 1.74. The van der Waals surface area contributed by atoms with E-state index >= 15 is 0 Å². The Hall–Kier alpha value is -3.19. The van der Waals surface area contributed by atoms with Crippen LogP contribution in [0.1, 0.15) is 42.0 Å². The van der Waals surface area contributed by atoms with Gasteiger partial charge in [0.05, 0.1) is 24.9 Å². The number of benzene rings is 1. The molecular formula is C24H26N4O2S. The van der Waals surface area contributed by atoms with Crippen LogP contribution in [0.15, 0.2) is 66.9 Å². The number of rotatable bonds is 7. The standard InChI is InChI=1S/C24H26N4O2S/c1-17-13-14-20(28(17)18-9-4-3-5-10-18)23-22(19-11-6-7-15-25-19)26-24(31)27(23)16-8-12-21(29)30-2/h3-7,9-11,13-15,22-23H,8,12,16H2,1-2H3,(H,26,31). The molecule has 3 aromatic rings. The molecule has 7 heteroatoms. The number of carbonyl (C=O) groups excluding carboxylic acids is 1. The third kappa shape index (κ3) is 4.32. The number of nitrogens with zero attached hydrogens (tertiary/aromatic N) is 3. The Bertz CT molecular complexity index is 1050. The molecule has 0 amide bonds. The van der Waals surface area contributed by atoms with E-state index in [1.165, 1.54) is 7.11 Å². The van der Waals surface area contributed by atoms with Crippen molar-refractivity contribution in [3.63, 3.8) is 0 Å². The molecule has 0 aliphatic carbocycles. The van der Waals surface area contributed by atoms with Gasteiger partial charge in [-0.05, 0) is 62.0 Å². The molecular weight excluding hydrogens is 408 g/mol. The van der Waals surface area contributed by atoms with E-state index < -0.39 is 0 Å². The topological polar surface area (TPSA) is 59.4 Å². The van der Waals surface area contributed by atoms with E-state index in [1.807, 2.05) is 36.4 Å². The summed E-state index contributed by atoms with van der Waals surface area (Å²) in [5.41, 5.74) is 4.31. The maximum atomic E-state index is 11.6. The molecule has 0 spiro atoms. The zero-order valence-corrected chi connectivity index (χ0v) is 18.5. The van der Waals surface area contributed by atoms with E-state index in [2.05, 4.69) is 51.0 Å². The monoisotopic (exact) mass is 434 g/mol. The largest absolute Gasteiger partial charge is 0.469 e. The van der Waals surface area contributed by atoms with Crippen LogP contribution in [0.25, 0.3) is 5.69 Å². The summed E-state index contributed by atoms with van der Waals surface area (Å²) in [4.78, 5) is 18.4. The number of hydrogen-bond acceptors (Lipinski definition) is 4. The molecule has 160 valence electrons. The Morgan fingerprint density at radius 1 is 1.13 bits per heavy atom. The van der Waals surface area contributed by atoms with Gasteiger partial charge in [-0.25, -0.2) is 0 Å². The average Bonchev–Trinajstić information content (AvgIpc) is 3.34. The number of hydrogen-bond donors (Lipinski definition) is 1. The van der Waals surface area contributed by atoms with Crippen molar-refractivity contribution in [2.24, 2.45) is 0 Å². The lowest BCUT2D eigenvalue weighted by molar-refractivity contribution is -0.140. The van der Waals surface area contributed by atoms with Crippen molar-refractivity contribution < 1.29 is 9.53 Å². The van der Waals surface area contributed by atoms with Crippen LogP contribution < -0.4 is 5.32 Å². The molecule has 1 aromatic carbocycles. The van der Waals surface area contributed by atoms with E-state index in [1.54, 1.807) is 6.20 Å². The summed E-state index contributed by atoms with van der Waals surface area (Å²) in [6.45, 7) is 2.75. The second-order valence-corrected chi connectivity index (χ2v) is 7.96. The van der Waals surface area contributed by atoms with Crippen LogP contribution in [0.4, 0.5) is 0 Å². The van der Waals surface area contributed by atoms with Gasteiger partial charge < -0.3 is 19.5 Å². The van der Waals surface area contributed by atoms with E-state index in [4.69, 9.17) is 17.0 Å². The van der Waals surface area contributed by atoms with Gasteiger partial charge in [0.1, 0.15) is 0 Å². The smallest absolute Gasteiger partial charge is 0.305 e. The van der Waals surface area contributed by atoms with Gasteiger partial charge in [-0.2, -0.15) is 0 Å². The maximum absolute atomic E-state index is 11.6. The molecule has 3 heterocycles. The number of nitrogens with one attached hydrogen (secondary N) is 1. The SMILES string of the molecule is COC(=O)CCCN1C(=S)NC(c2ccccn2)C1c1ccc(C)n1-c1ccccc1. The van der Waals surface area contributed by atoms with E-state index in [0.717, 1.165) is 22.8 Å². The predicted molar refractivity (Wildman–Crippen MR) is 124 cm³/mol. The van der Waals surface area contributed by atoms with E-state index in [0.29, 0.717) is 24.5 Å². The second kappa shape index (κ2) is 9.31. The first-order valence-electron chi connectivity index (χ1n) is 10.4. The van der Waals surface area contributed by atoms with Crippen LogP contribution in [-0.4, -0.2) is 39.2 Å². The number of carbonyl (C=O) groups is 1. The van der Waals surface area contributed by atoms with Gasteiger partial charge in [-0.3, -0.25) is 9.78 Å². The lowest BCUT2D eigenvalue weighted by Gasteiger charge is -2.29. The molecule has 1 N–H and O–H groups in total. The van der Waals surface area contributed by atoms with Crippen molar-refractivity contribution in [2.45, 2.75) is 31.8 Å². The highest BCUT2D eigenvalue weighted by molar-refractivity contribution is 7.80. The number of ether oxygens (including phenoxy) is 1. The number of aromatic nitrogens is 2. The van der Waals surface area contributed by atoms with Crippen molar-refractivity contribution in [2.75, 3.05) is 13.7 Å². The lowest BCUT2D eigenvalue weighted by atomic mass is 10.0. The van der Waals surface area contributed by atoms with Crippen LogP contribution in [0.5, 0.6) is 0 Å². The van der Waals surface area contributed by atoms with Crippen molar-refractivity contribution >= 4 is 23.3 Å². The van der Waals surface area contributed by atoms with Gasteiger partial charge in [0, 0.05) is 36.2 Å². The summed E-state index contributed by atoms with van der Waals surface area (Å²) in [5, 5.41) is 4.14. The molecule has 1 aliphatic heterocycles. The Labute approximate surface area is 187 Å². The summed E-state index contributed by atoms with van der Waals surface area (Å²) in [6, 6.07) is 20.4. The number of esters is 1. The average molecular weight is 435 g/mol. The van der Waals surface area contributed by atoms with Gasteiger partial charge in [-0.15, -0.1) is 0 Å². The predicted octanol–water partition coefficient (Wildman–Crippen LogP) is 4.11. The van der Waals surface area contributed by atoms with E-state index in [9.17, 15) is 4.79 Å². The third-order valence-corrected chi connectivity index (χ3v) is 5.98. The van der Waals surface area contributed by atoms with Gasteiger partial charge in [0.25, 0.3) is 0 Å². The normalized spacial score (nSPS) is 18.1. The van der Waals surface area contributed by atoms with Crippen molar-refractivity contribution in [1.29, 1.82) is 0 Å². The summed E-state index contributed by atoms with van der Waals surface area (Å²) >= 11 is 5.73. The number of thiocarbonyl (C=S) groups is 1. The zero-order chi connectivity index (χ0) is 21.8. The maximum Gasteiger partial charge on any atom is 0.305 e. The minimum Gasteiger partial charge on any atom is -0.469 e. The van der Waals surface area contributed by atoms with Gasteiger partial charge in [-0.1, -0.05) is 24.3 Å². The molecule has 6 nitrogen and oxygen atoms in total. The lowest BCUT2D eigenvalue weighted by Crippen LogP contribution is -2.31. The highest BCUT2D eigenvalue weighted by Gasteiger charge is 2.41. The minimum absolute atomic E-state index is 0.0612. The van der Waals surface area contributed by atoms with Crippen LogP contribution in [-0.2, 0) is 9.53 Å². The Morgan fingerprint density at radius 3 is 2.61 bits per heavy atom. The van der Waals surface area contributed by atoms with Gasteiger partial charge >= 0.3 is 5.97 Å². The highest BCUT2D eigenvalue weighted by atomic mass is 32.1. The first-order valence-corrected chi connectivity index (χ1v) is 10.8. The molecule has 1 aliphatic rings. The van der Waals surface area contributed by atoms with Gasteiger partial charge in [0.2, 0.25) is 0 Å². The summed E-state index contributed by atoms with van der Waals surface area (Å²) in [5.74, 6) is -0.209. The van der Waals surface area contributed by atoms with Crippen molar-refractivity contribution in [3.05, 3.63) is 83.9 Å². The summed E-state index contributed by atoms with van der Waals surface area (Å²) < 4.78 is 7.07. The fourth-order valence-electron chi connectivity index (χ4n) is 4.18. The van der Waals surface area contributed by atoms with Crippen molar-refractivity contribution in [3.8, 4) is 5.69 Å². The molecule has 2 unspecified atom stereocenters. The number of para-hydroxylation sites is 1. The molecule has 1 saturated heterocycles. The van der Waals surface area contributed by atoms with Crippen LogP contribution >= 0.6 is 12.2 Å². The molecule has 0 bridgehead atoms. The second-order valence-electron chi connectivity index (χ2n) is 7.57. The summed E-state index contributed by atoms with van der Waals surface area (Å²) in [7, 11) is 1.42. The first kappa shape index (κ1) is 21.1. The minimum atomic E-state index is -0.209. The molecule has 31 heavy (non-hydrogen) atoms. The molecule has 0 saturated carbocycles. The van der Waals surface area contributed by atoms with Crippen LogP contribution in [0.3, 0.4) is 0 Å². The van der Waals surface area contributed by atoms with Crippen LogP contribution in [0.2, 0.25) is 0 Å². The van der Waals surface area contributed by atoms with Gasteiger partial charge in [0.15, 0.2) is 5.11 Å². The molecule has 1 fully saturated rings. The third-order valence-electron chi connectivity index (χ3n) is 5.63. The van der Waals surface area contributed by atoms with Crippen LogP contribution in [0, 0.1) is 6.92 Å². The highest BCUT2D eigenvalue weighted by Crippen LogP contribution is 2.40. The number of pyridine rings is 1. The fourth-order valence-corrected chi connectivity index (χ4v) is 4.51. The molecule has 0 radical (unpaired) electrons.